The van der Waals surface area contributed by atoms with E-state index in [0.29, 0.717) is 16.7 Å². The number of thioether (sulfide) groups is 2. The van der Waals surface area contributed by atoms with Crippen LogP contribution < -0.4 is 5.32 Å². The van der Waals surface area contributed by atoms with E-state index in [4.69, 9.17) is 23.2 Å². The first kappa shape index (κ1) is 22.9. The first-order valence-corrected chi connectivity index (χ1v) is 12.3. The molecule has 164 valence electrons. The Kier molecular flexibility index (Phi) is 6.34. The normalized spacial score (nSPS) is 21.5. The second-order valence-electron chi connectivity index (χ2n) is 7.66. The van der Waals surface area contributed by atoms with Crippen molar-refractivity contribution in [1.29, 1.82) is 0 Å². The van der Waals surface area contributed by atoms with Gasteiger partial charge in [-0.1, -0.05) is 35.3 Å². The van der Waals surface area contributed by atoms with Crippen LogP contribution in [0.5, 0.6) is 0 Å². The van der Waals surface area contributed by atoms with E-state index in [1.807, 2.05) is 0 Å². The molecule has 2 aromatic rings. The van der Waals surface area contributed by atoms with Crippen LogP contribution in [0.2, 0.25) is 10.0 Å². The zero-order valence-corrected chi connectivity index (χ0v) is 19.5. The summed E-state index contributed by atoms with van der Waals surface area (Å²) in [5.41, 5.74) is 2.52. The Hall–Kier alpha value is -1.28. The fraction of sp³-hybridized carbons (Fsp3) is 0.318. The number of hydrogen-bond donors (Lipinski definition) is 1. The Balaban J connectivity index is 1.61. The Bertz CT molecular complexity index is 1050. The van der Waals surface area contributed by atoms with Crippen LogP contribution in [0.3, 0.4) is 0 Å². The molecule has 0 aliphatic carbocycles. The van der Waals surface area contributed by atoms with Crippen molar-refractivity contribution < 1.29 is 18.0 Å². The van der Waals surface area contributed by atoms with E-state index in [9.17, 15) is 18.0 Å². The number of alkyl halides is 3. The lowest BCUT2D eigenvalue weighted by Gasteiger charge is -2.32. The van der Waals surface area contributed by atoms with E-state index in [1.54, 1.807) is 42.3 Å². The maximum atomic E-state index is 14.3. The smallest absolute Gasteiger partial charge is 0.348 e. The average molecular weight is 504 g/mol. The zero-order valence-electron chi connectivity index (χ0n) is 16.4. The molecule has 2 aliphatic rings. The summed E-state index contributed by atoms with van der Waals surface area (Å²) < 4.78 is 40.6. The summed E-state index contributed by atoms with van der Waals surface area (Å²) >= 11 is 14.5. The summed E-state index contributed by atoms with van der Waals surface area (Å²) in [5, 5.41) is 4.85. The fourth-order valence-corrected chi connectivity index (χ4v) is 6.03. The maximum Gasteiger partial charge on any atom is 0.407 e. The number of aryl methyl sites for hydroxylation is 1. The fourth-order valence-electron chi connectivity index (χ4n) is 3.68. The van der Waals surface area contributed by atoms with Crippen molar-refractivity contribution in [3.05, 3.63) is 74.1 Å². The van der Waals surface area contributed by atoms with Crippen LogP contribution >= 0.6 is 46.7 Å². The Labute approximate surface area is 196 Å². The molecule has 2 aromatic carbocycles. The zero-order chi connectivity index (χ0) is 22.4. The lowest BCUT2D eigenvalue weighted by Crippen LogP contribution is -2.44. The van der Waals surface area contributed by atoms with Crippen LogP contribution in [-0.4, -0.2) is 29.6 Å². The minimum Gasteiger partial charge on any atom is -0.348 e. The number of carbonyl (C=O) groups excluding carboxylic acids is 1. The summed E-state index contributed by atoms with van der Waals surface area (Å²) in [6, 6.07) is 9.41. The molecular weight excluding hydrogens is 486 g/mol. The molecule has 1 unspecified atom stereocenters. The molecule has 1 amide bonds. The second kappa shape index (κ2) is 8.58. The molecule has 1 N–H and O–H groups in total. The van der Waals surface area contributed by atoms with E-state index >= 15 is 0 Å². The molecule has 1 fully saturated rings. The van der Waals surface area contributed by atoms with Gasteiger partial charge in [0.15, 0.2) is 0 Å². The third-order valence-corrected chi connectivity index (χ3v) is 8.57. The van der Waals surface area contributed by atoms with Crippen molar-refractivity contribution in [3.8, 4) is 0 Å². The Morgan fingerprint density at radius 3 is 2.35 bits per heavy atom. The molecule has 4 rings (SSSR count). The summed E-state index contributed by atoms with van der Waals surface area (Å²) in [7, 11) is 0. The van der Waals surface area contributed by atoms with Crippen LogP contribution in [0.4, 0.5) is 13.2 Å². The van der Waals surface area contributed by atoms with E-state index in [-0.39, 0.29) is 34.0 Å². The van der Waals surface area contributed by atoms with Crippen LogP contribution in [-0.2, 0) is 4.75 Å². The topological polar surface area (TPSA) is 29.1 Å². The van der Waals surface area contributed by atoms with Gasteiger partial charge in [-0.3, -0.25) is 4.79 Å². The predicted molar refractivity (Wildman–Crippen MR) is 124 cm³/mol. The van der Waals surface area contributed by atoms with E-state index in [0.717, 1.165) is 28.8 Å². The average Bonchev–Trinajstić information content (AvgIpc) is 3.10. The van der Waals surface area contributed by atoms with Crippen molar-refractivity contribution in [1.82, 2.24) is 5.32 Å². The maximum absolute atomic E-state index is 14.3. The van der Waals surface area contributed by atoms with Gasteiger partial charge < -0.3 is 5.32 Å². The number of nitrogens with one attached hydrogen (secondary N) is 1. The molecule has 31 heavy (non-hydrogen) atoms. The summed E-state index contributed by atoms with van der Waals surface area (Å²) in [4.78, 5) is 12.5. The molecule has 9 heteroatoms. The van der Waals surface area contributed by atoms with E-state index < -0.39 is 10.9 Å². The highest BCUT2D eigenvalue weighted by Gasteiger charge is 2.58. The standard InChI is InChI=1S/C22H18Cl2F3NOS2/c1-12-4-13(2-3-19(12)20(29)28-18-10-30-11-18)14-8-21(31-9-14,22(25,26)27)15-5-16(23)7-17(24)6-15/h2-7,9,18H,8,10-11H2,1H3,(H,28,29). The molecule has 2 heterocycles. The monoisotopic (exact) mass is 503 g/mol. The van der Waals surface area contributed by atoms with Gasteiger partial charge in [0.05, 0.1) is 0 Å². The number of hydrogen-bond acceptors (Lipinski definition) is 3. The molecule has 2 aliphatic heterocycles. The van der Waals surface area contributed by atoms with Gasteiger partial charge in [0.2, 0.25) is 0 Å². The third kappa shape index (κ3) is 4.47. The molecule has 0 aromatic heterocycles. The number of benzene rings is 2. The van der Waals surface area contributed by atoms with Crippen molar-refractivity contribution in [2.75, 3.05) is 11.5 Å². The molecule has 1 atom stereocenters. The highest BCUT2D eigenvalue weighted by atomic mass is 35.5. The van der Waals surface area contributed by atoms with Gasteiger partial charge in [-0.05, 0) is 58.9 Å². The van der Waals surface area contributed by atoms with Gasteiger partial charge in [0, 0.05) is 39.6 Å². The summed E-state index contributed by atoms with van der Waals surface area (Å²) in [6.45, 7) is 1.80. The first-order valence-electron chi connectivity index (χ1n) is 9.49. The van der Waals surface area contributed by atoms with Crippen LogP contribution in [0.25, 0.3) is 5.57 Å². The highest BCUT2D eigenvalue weighted by Crippen LogP contribution is 2.60. The Morgan fingerprint density at radius 1 is 1.13 bits per heavy atom. The summed E-state index contributed by atoms with van der Waals surface area (Å²) in [5.74, 6) is 1.65. The quantitative estimate of drug-likeness (QED) is 0.483. The molecule has 0 spiro atoms. The van der Waals surface area contributed by atoms with E-state index in [1.165, 1.54) is 18.2 Å². The highest BCUT2D eigenvalue weighted by molar-refractivity contribution is 8.03. The Morgan fingerprint density at radius 2 is 1.81 bits per heavy atom. The number of amides is 1. The SMILES string of the molecule is Cc1cc(C2=CSC(c3cc(Cl)cc(Cl)c3)(C(F)(F)F)C2)ccc1C(=O)NC1CSC1. The molecule has 0 saturated carbocycles. The molecule has 0 radical (unpaired) electrons. The molecule has 2 nitrogen and oxygen atoms in total. The molecule has 1 saturated heterocycles. The van der Waals surface area contributed by atoms with Crippen molar-refractivity contribution >= 4 is 58.2 Å². The van der Waals surface area contributed by atoms with Gasteiger partial charge in [-0.2, -0.15) is 24.9 Å². The largest absolute Gasteiger partial charge is 0.407 e. The minimum absolute atomic E-state index is 0.0276. The van der Waals surface area contributed by atoms with Gasteiger partial charge in [0.25, 0.3) is 5.91 Å². The second-order valence-corrected chi connectivity index (χ2v) is 10.8. The lowest BCUT2D eigenvalue weighted by molar-refractivity contribution is -0.160. The molecule has 0 bridgehead atoms. The summed E-state index contributed by atoms with van der Waals surface area (Å²) in [6.07, 6.45) is -4.76. The van der Waals surface area contributed by atoms with Gasteiger partial charge >= 0.3 is 6.18 Å². The van der Waals surface area contributed by atoms with Gasteiger partial charge in [0.1, 0.15) is 4.75 Å². The number of carbonyl (C=O) groups is 1. The number of halogens is 5. The van der Waals surface area contributed by atoms with Crippen LogP contribution in [0.1, 0.15) is 33.5 Å². The number of rotatable bonds is 4. The van der Waals surface area contributed by atoms with Crippen molar-refractivity contribution in [3.63, 3.8) is 0 Å². The minimum atomic E-state index is -4.51. The van der Waals surface area contributed by atoms with Crippen LogP contribution in [0, 0.1) is 6.92 Å². The molecular formula is C22H18Cl2F3NOS2. The lowest BCUT2D eigenvalue weighted by atomic mass is 9.87. The number of allylic oxidation sites excluding steroid dienone is 1. The van der Waals surface area contributed by atoms with Gasteiger partial charge in [-0.25, -0.2) is 0 Å². The van der Waals surface area contributed by atoms with Gasteiger partial charge in [-0.15, -0.1) is 11.8 Å². The van der Waals surface area contributed by atoms with Crippen molar-refractivity contribution in [2.45, 2.75) is 30.3 Å². The predicted octanol–water partition coefficient (Wildman–Crippen LogP) is 7.08. The van der Waals surface area contributed by atoms with E-state index in [2.05, 4.69) is 5.32 Å². The van der Waals surface area contributed by atoms with Crippen molar-refractivity contribution in [2.24, 2.45) is 0 Å². The third-order valence-electron chi connectivity index (χ3n) is 5.44. The van der Waals surface area contributed by atoms with Crippen LogP contribution in [0.15, 0.2) is 41.8 Å². The first-order chi connectivity index (χ1) is 14.6.